The van der Waals surface area contributed by atoms with E-state index in [1.165, 1.54) is 5.56 Å². The maximum absolute atomic E-state index is 5.51. The average Bonchev–Trinajstić information content (AvgIpc) is 2.42. The minimum Gasteiger partial charge on any atom is -0.344 e. The molecule has 4 heteroatoms. The van der Waals surface area contributed by atoms with Gasteiger partial charge in [-0.25, -0.2) is 0 Å². The van der Waals surface area contributed by atoms with Gasteiger partial charge in [-0.05, 0) is 55.0 Å². The van der Waals surface area contributed by atoms with E-state index >= 15 is 0 Å². The van der Waals surface area contributed by atoms with Gasteiger partial charge in [0.15, 0.2) is 0 Å². The highest BCUT2D eigenvalue weighted by molar-refractivity contribution is 9.11. The van der Waals surface area contributed by atoms with Crippen molar-refractivity contribution in [1.82, 2.24) is 0 Å². The van der Waals surface area contributed by atoms with Crippen LogP contribution in [0.25, 0.3) is 0 Å². The Morgan fingerprint density at radius 1 is 0.952 bits per heavy atom. The molecular weight excluding hydrogens is 410 g/mol. The van der Waals surface area contributed by atoms with Crippen LogP contribution < -0.4 is 5.32 Å². The van der Waals surface area contributed by atoms with Gasteiger partial charge in [0, 0.05) is 14.5 Å². The lowest BCUT2D eigenvalue weighted by molar-refractivity contribution is 0.590. The van der Waals surface area contributed by atoms with E-state index in [0.717, 1.165) is 20.2 Å². The normalized spacial score (nSPS) is 11.3. The molecule has 0 saturated heterocycles. The summed E-state index contributed by atoms with van der Waals surface area (Å²) in [5, 5.41) is 3.29. The summed E-state index contributed by atoms with van der Waals surface area (Å²) in [6.07, 6.45) is 0. The summed E-state index contributed by atoms with van der Waals surface area (Å²) in [5.41, 5.74) is 3.41. The van der Waals surface area contributed by atoms with E-state index in [2.05, 4.69) is 82.2 Å². The van der Waals surface area contributed by atoms with Crippen LogP contribution >= 0.6 is 44.1 Å². The van der Waals surface area contributed by atoms with E-state index in [9.17, 15) is 0 Å². The molecule has 0 saturated carbocycles. The lowest BCUT2D eigenvalue weighted by atomic mass is 9.87. The lowest BCUT2D eigenvalue weighted by Gasteiger charge is -2.19. The lowest BCUT2D eigenvalue weighted by Crippen LogP contribution is -2.14. The molecule has 2 rings (SSSR count). The third kappa shape index (κ3) is 4.15. The molecule has 110 valence electrons. The monoisotopic (exact) mass is 425 g/mol. The Hall–Kier alpha value is -0.710. The molecule has 2 aromatic carbocycles. The van der Waals surface area contributed by atoms with Crippen molar-refractivity contribution >= 4 is 54.8 Å². The Bertz CT molecular complexity index is 637. The Balaban J connectivity index is 2.21. The van der Waals surface area contributed by atoms with Crippen molar-refractivity contribution in [1.29, 1.82) is 0 Å². The summed E-state index contributed by atoms with van der Waals surface area (Å²) in [6.45, 7) is 6.62. The zero-order valence-corrected chi connectivity index (χ0v) is 16.2. The summed E-state index contributed by atoms with van der Waals surface area (Å²) in [6, 6.07) is 14.4. The van der Waals surface area contributed by atoms with Gasteiger partial charge in [0.2, 0.25) is 0 Å². The van der Waals surface area contributed by atoms with Gasteiger partial charge >= 0.3 is 0 Å². The Morgan fingerprint density at radius 2 is 1.48 bits per heavy atom. The Kier molecular flexibility index (Phi) is 5.23. The van der Waals surface area contributed by atoms with Gasteiger partial charge in [0.25, 0.3) is 0 Å². The van der Waals surface area contributed by atoms with E-state index in [1.807, 2.05) is 18.2 Å². The number of hydrogen-bond acceptors (Lipinski definition) is 1. The predicted molar refractivity (Wildman–Crippen MR) is 102 cm³/mol. The van der Waals surface area contributed by atoms with Crippen molar-refractivity contribution in [3.63, 3.8) is 0 Å². The van der Waals surface area contributed by atoms with Crippen molar-refractivity contribution in [2.75, 3.05) is 5.32 Å². The van der Waals surface area contributed by atoms with Gasteiger partial charge in [0.05, 0.1) is 5.69 Å². The van der Waals surface area contributed by atoms with Crippen molar-refractivity contribution in [3.8, 4) is 0 Å². The first-order valence-corrected chi connectivity index (χ1v) is 8.64. The van der Waals surface area contributed by atoms with Crippen LogP contribution in [0.2, 0.25) is 0 Å². The molecule has 1 N–H and O–H groups in total. The SMILES string of the molecule is CC(C)(C)c1ccc(C(=S)Nc2c(Br)cccc2Br)cc1. The number of benzene rings is 2. The van der Waals surface area contributed by atoms with Crippen LogP contribution in [0, 0.1) is 0 Å². The number of nitrogens with one attached hydrogen (secondary N) is 1. The van der Waals surface area contributed by atoms with E-state index in [0.29, 0.717) is 4.99 Å². The third-order valence-corrected chi connectivity index (χ3v) is 4.87. The second-order valence-corrected chi connectivity index (χ2v) is 8.00. The fourth-order valence-electron chi connectivity index (χ4n) is 1.92. The summed E-state index contributed by atoms with van der Waals surface area (Å²) >= 11 is 12.6. The fourth-order valence-corrected chi connectivity index (χ4v) is 3.36. The summed E-state index contributed by atoms with van der Waals surface area (Å²) < 4.78 is 1.95. The van der Waals surface area contributed by atoms with Crippen LogP contribution in [-0.2, 0) is 5.41 Å². The predicted octanol–water partition coefficient (Wildman–Crippen LogP) is 6.30. The first kappa shape index (κ1) is 16.7. The van der Waals surface area contributed by atoms with Crippen LogP contribution in [0.5, 0.6) is 0 Å². The molecule has 0 spiro atoms. The van der Waals surface area contributed by atoms with Crippen LogP contribution in [0.3, 0.4) is 0 Å². The van der Waals surface area contributed by atoms with Gasteiger partial charge in [-0.1, -0.05) is 63.3 Å². The largest absolute Gasteiger partial charge is 0.344 e. The van der Waals surface area contributed by atoms with Gasteiger partial charge in [-0.2, -0.15) is 0 Å². The summed E-state index contributed by atoms with van der Waals surface area (Å²) in [5.74, 6) is 0. The Morgan fingerprint density at radius 3 is 1.95 bits per heavy atom. The molecule has 0 unspecified atom stereocenters. The number of halogens is 2. The number of hydrogen-bond donors (Lipinski definition) is 1. The van der Waals surface area contributed by atoms with Crippen molar-refractivity contribution in [2.24, 2.45) is 0 Å². The molecule has 21 heavy (non-hydrogen) atoms. The van der Waals surface area contributed by atoms with E-state index in [1.54, 1.807) is 0 Å². The standard InChI is InChI=1S/C17H17Br2NS/c1-17(2,3)12-9-7-11(8-10-12)16(21)20-15-13(18)5-4-6-14(15)19/h4-10H,1-3H3,(H,20,21). The molecule has 0 atom stereocenters. The molecule has 0 aliphatic rings. The number of anilines is 1. The van der Waals surface area contributed by atoms with Gasteiger partial charge in [-0.15, -0.1) is 0 Å². The fraction of sp³-hybridized carbons (Fsp3) is 0.235. The third-order valence-electron chi connectivity index (χ3n) is 3.21. The molecule has 0 aromatic heterocycles. The van der Waals surface area contributed by atoms with Crippen LogP contribution in [0.15, 0.2) is 51.4 Å². The van der Waals surface area contributed by atoms with Crippen molar-refractivity contribution < 1.29 is 0 Å². The topological polar surface area (TPSA) is 12.0 Å². The quantitative estimate of drug-likeness (QED) is 0.565. The van der Waals surface area contributed by atoms with Gasteiger partial charge < -0.3 is 5.32 Å². The van der Waals surface area contributed by atoms with E-state index < -0.39 is 0 Å². The molecule has 0 heterocycles. The first-order chi connectivity index (χ1) is 9.79. The van der Waals surface area contributed by atoms with Crippen LogP contribution in [0.1, 0.15) is 31.9 Å². The summed E-state index contributed by atoms with van der Waals surface area (Å²) in [4.78, 5) is 0.711. The second kappa shape index (κ2) is 6.59. The second-order valence-electron chi connectivity index (χ2n) is 5.88. The van der Waals surface area contributed by atoms with E-state index in [-0.39, 0.29) is 5.41 Å². The van der Waals surface area contributed by atoms with Gasteiger partial charge in [0.1, 0.15) is 4.99 Å². The molecule has 0 bridgehead atoms. The smallest absolute Gasteiger partial charge is 0.111 e. The van der Waals surface area contributed by atoms with Gasteiger partial charge in [-0.3, -0.25) is 0 Å². The number of rotatable bonds is 2. The molecule has 0 amide bonds. The van der Waals surface area contributed by atoms with E-state index in [4.69, 9.17) is 12.2 Å². The minimum atomic E-state index is 0.152. The molecule has 0 fully saturated rings. The first-order valence-electron chi connectivity index (χ1n) is 6.65. The maximum atomic E-state index is 5.51. The molecule has 0 aliphatic heterocycles. The number of thiocarbonyl (C=S) groups is 1. The molecular formula is C17H17Br2NS. The highest BCUT2D eigenvalue weighted by Crippen LogP contribution is 2.31. The van der Waals surface area contributed by atoms with Crippen LogP contribution in [-0.4, -0.2) is 4.99 Å². The van der Waals surface area contributed by atoms with Crippen molar-refractivity contribution in [3.05, 3.63) is 62.5 Å². The molecule has 0 radical (unpaired) electrons. The molecule has 0 aliphatic carbocycles. The van der Waals surface area contributed by atoms with Crippen LogP contribution in [0.4, 0.5) is 5.69 Å². The maximum Gasteiger partial charge on any atom is 0.111 e. The number of para-hydroxylation sites is 1. The van der Waals surface area contributed by atoms with Crippen molar-refractivity contribution in [2.45, 2.75) is 26.2 Å². The molecule has 1 nitrogen and oxygen atoms in total. The molecule has 2 aromatic rings. The zero-order chi connectivity index (χ0) is 15.6. The average molecular weight is 427 g/mol. The highest BCUT2D eigenvalue weighted by Gasteiger charge is 2.14. The highest BCUT2D eigenvalue weighted by atomic mass is 79.9. The minimum absolute atomic E-state index is 0.152. The Labute approximate surface area is 148 Å². The summed E-state index contributed by atoms with van der Waals surface area (Å²) in [7, 11) is 0. The zero-order valence-electron chi connectivity index (χ0n) is 12.2.